The lowest BCUT2D eigenvalue weighted by atomic mass is 10.2. The summed E-state index contributed by atoms with van der Waals surface area (Å²) in [5.41, 5.74) is 1.46. The van der Waals surface area contributed by atoms with E-state index < -0.39 is 0 Å². The smallest absolute Gasteiger partial charge is 0.258 e. The number of hydrogen-bond acceptors (Lipinski definition) is 6. The Labute approximate surface area is 161 Å². The molecule has 2 N–H and O–H groups in total. The van der Waals surface area contributed by atoms with Crippen molar-refractivity contribution >= 4 is 34.8 Å². The molecule has 0 saturated carbocycles. The standard InChI is InChI=1S/C19H17ClN4O3/c1-26-13-7-8-17(27-2)16(9-13)23-18(25)12-10-21-19(22-11-12)24-15-6-4-3-5-14(15)20/h3-11H,1-2H3,(H,23,25)(H,21,22,24). The van der Waals surface area contributed by atoms with Gasteiger partial charge < -0.3 is 20.1 Å². The summed E-state index contributed by atoms with van der Waals surface area (Å²) in [5.74, 6) is 1.08. The highest BCUT2D eigenvalue weighted by Gasteiger charge is 2.12. The normalized spacial score (nSPS) is 10.2. The number of para-hydroxylation sites is 1. The van der Waals surface area contributed by atoms with Crippen molar-refractivity contribution in [1.82, 2.24) is 9.97 Å². The molecular formula is C19H17ClN4O3. The molecule has 0 radical (unpaired) electrons. The molecule has 0 saturated heterocycles. The maximum atomic E-state index is 12.5. The molecule has 1 aromatic heterocycles. The lowest BCUT2D eigenvalue weighted by Crippen LogP contribution is -2.14. The van der Waals surface area contributed by atoms with Gasteiger partial charge in [-0.05, 0) is 24.3 Å². The zero-order valence-electron chi connectivity index (χ0n) is 14.7. The predicted molar refractivity (Wildman–Crippen MR) is 104 cm³/mol. The zero-order chi connectivity index (χ0) is 19.2. The van der Waals surface area contributed by atoms with Crippen LogP contribution >= 0.6 is 11.6 Å². The van der Waals surface area contributed by atoms with Gasteiger partial charge in [-0.3, -0.25) is 4.79 Å². The van der Waals surface area contributed by atoms with Crippen LogP contribution in [0.5, 0.6) is 11.5 Å². The van der Waals surface area contributed by atoms with E-state index in [1.54, 1.807) is 37.4 Å². The number of rotatable bonds is 6. The van der Waals surface area contributed by atoms with Crippen LogP contribution < -0.4 is 20.1 Å². The van der Waals surface area contributed by atoms with Crippen molar-refractivity contribution in [1.29, 1.82) is 0 Å². The molecule has 27 heavy (non-hydrogen) atoms. The monoisotopic (exact) mass is 384 g/mol. The first kappa shape index (κ1) is 18.5. The van der Waals surface area contributed by atoms with Gasteiger partial charge in [0.2, 0.25) is 5.95 Å². The van der Waals surface area contributed by atoms with Crippen LogP contribution in [0.25, 0.3) is 0 Å². The molecule has 3 rings (SSSR count). The first-order valence-electron chi connectivity index (χ1n) is 7.97. The van der Waals surface area contributed by atoms with Crippen molar-refractivity contribution in [3.05, 3.63) is 65.4 Å². The average Bonchev–Trinajstić information content (AvgIpc) is 2.70. The Balaban J connectivity index is 1.74. The van der Waals surface area contributed by atoms with Crippen molar-refractivity contribution in [2.24, 2.45) is 0 Å². The number of hydrogen-bond donors (Lipinski definition) is 2. The molecule has 1 heterocycles. The van der Waals surface area contributed by atoms with Gasteiger partial charge in [0.05, 0.1) is 36.2 Å². The third-order valence-corrected chi connectivity index (χ3v) is 4.02. The van der Waals surface area contributed by atoms with Gasteiger partial charge >= 0.3 is 0 Å². The largest absolute Gasteiger partial charge is 0.497 e. The number of anilines is 3. The Morgan fingerprint density at radius 3 is 2.41 bits per heavy atom. The van der Waals surface area contributed by atoms with Gasteiger partial charge in [-0.2, -0.15) is 0 Å². The Morgan fingerprint density at radius 1 is 1.00 bits per heavy atom. The number of carbonyl (C=O) groups excluding carboxylic acids is 1. The maximum Gasteiger partial charge on any atom is 0.258 e. The van der Waals surface area contributed by atoms with Gasteiger partial charge in [0.25, 0.3) is 5.91 Å². The van der Waals surface area contributed by atoms with Gasteiger partial charge in [-0.1, -0.05) is 23.7 Å². The molecule has 7 nitrogen and oxygen atoms in total. The molecule has 0 unspecified atom stereocenters. The van der Waals surface area contributed by atoms with E-state index in [0.29, 0.717) is 39.4 Å². The molecule has 0 atom stereocenters. The third-order valence-electron chi connectivity index (χ3n) is 3.69. The summed E-state index contributed by atoms with van der Waals surface area (Å²) in [6.07, 6.45) is 2.85. The molecule has 0 fully saturated rings. The van der Waals surface area contributed by atoms with Crippen molar-refractivity contribution in [2.75, 3.05) is 24.9 Å². The molecule has 0 aliphatic rings. The summed E-state index contributed by atoms with van der Waals surface area (Å²) in [7, 11) is 3.07. The highest BCUT2D eigenvalue weighted by molar-refractivity contribution is 6.33. The van der Waals surface area contributed by atoms with Crippen molar-refractivity contribution in [3.8, 4) is 11.5 Å². The second-order valence-corrected chi connectivity index (χ2v) is 5.83. The molecule has 138 valence electrons. The summed E-state index contributed by atoms with van der Waals surface area (Å²) >= 11 is 6.10. The highest BCUT2D eigenvalue weighted by atomic mass is 35.5. The van der Waals surface area contributed by atoms with Gasteiger partial charge in [0.15, 0.2) is 0 Å². The van der Waals surface area contributed by atoms with Crippen molar-refractivity contribution in [3.63, 3.8) is 0 Å². The quantitative estimate of drug-likeness (QED) is 0.664. The number of benzene rings is 2. The minimum Gasteiger partial charge on any atom is -0.497 e. The number of nitrogens with one attached hydrogen (secondary N) is 2. The fourth-order valence-electron chi connectivity index (χ4n) is 2.30. The minimum absolute atomic E-state index is 0.296. The van der Waals surface area contributed by atoms with E-state index in [1.807, 2.05) is 12.1 Å². The molecule has 0 aliphatic heterocycles. The van der Waals surface area contributed by atoms with Crippen LogP contribution in [0.4, 0.5) is 17.3 Å². The number of nitrogens with zero attached hydrogens (tertiary/aromatic N) is 2. The van der Waals surface area contributed by atoms with E-state index in [-0.39, 0.29) is 5.91 Å². The summed E-state index contributed by atoms with van der Waals surface area (Å²) in [5, 5.41) is 6.31. The van der Waals surface area contributed by atoms with Crippen molar-refractivity contribution < 1.29 is 14.3 Å². The van der Waals surface area contributed by atoms with Gasteiger partial charge in [0.1, 0.15) is 11.5 Å². The van der Waals surface area contributed by atoms with Crippen LogP contribution in [0.15, 0.2) is 54.9 Å². The van der Waals surface area contributed by atoms with Crippen molar-refractivity contribution in [2.45, 2.75) is 0 Å². The van der Waals surface area contributed by atoms with E-state index >= 15 is 0 Å². The number of carbonyl (C=O) groups is 1. The molecule has 8 heteroatoms. The number of methoxy groups -OCH3 is 2. The van der Waals surface area contributed by atoms with Crippen LogP contribution in [0.1, 0.15) is 10.4 Å². The number of halogens is 1. The highest BCUT2D eigenvalue weighted by Crippen LogP contribution is 2.29. The Morgan fingerprint density at radius 2 is 1.74 bits per heavy atom. The number of aromatic nitrogens is 2. The summed E-state index contributed by atoms with van der Waals surface area (Å²) < 4.78 is 10.4. The molecule has 2 aromatic carbocycles. The molecule has 0 bridgehead atoms. The molecule has 0 spiro atoms. The number of ether oxygens (including phenoxy) is 2. The van der Waals surface area contributed by atoms with Gasteiger partial charge in [-0.15, -0.1) is 0 Å². The summed E-state index contributed by atoms with van der Waals surface area (Å²) in [6.45, 7) is 0. The summed E-state index contributed by atoms with van der Waals surface area (Å²) in [6, 6.07) is 12.4. The number of amides is 1. The average molecular weight is 385 g/mol. The SMILES string of the molecule is COc1ccc(OC)c(NC(=O)c2cnc(Nc3ccccc3Cl)nc2)c1. The lowest BCUT2D eigenvalue weighted by molar-refractivity contribution is 0.102. The minimum atomic E-state index is -0.370. The zero-order valence-corrected chi connectivity index (χ0v) is 15.4. The van der Waals surface area contributed by atoms with Crippen LogP contribution in [-0.2, 0) is 0 Å². The van der Waals surface area contributed by atoms with E-state index in [9.17, 15) is 4.79 Å². The maximum absolute atomic E-state index is 12.5. The van der Waals surface area contributed by atoms with Crippen LogP contribution in [0, 0.1) is 0 Å². The molecule has 0 aliphatic carbocycles. The first-order valence-corrected chi connectivity index (χ1v) is 8.35. The first-order chi connectivity index (χ1) is 13.1. The van der Waals surface area contributed by atoms with Crippen LogP contribution in [0.2, 0.25) is 5.02 Å². The molecular weight excluding hydrogens is 368 g/mol. The van der Waals surface area contributed by atoms with Crippen LogP contribution in [-0.4, -0.2) is 30.1 Å². The fourth-order valence-corrected chi connectivity index (χ4v) is 2.48. The topological polar surface area (TPSA) is 85.4 Å². The molecule has 1 amide bonds. The summed E-state index contributed by atoms with van der Waals surface area (Å²) in [4.78, 5) is 20.8. The lowest BCUT2D eigenvalue weighted by Gasteiger charge is -2.12. The third kappa shape index (κ3) is 4.45. The van der Waals surface area contributed by atoms with Gasteiger partial charge in [0, 0.05) is 18.5 Å². The van der Waals surface area contributed by atoms with E-state index in [0.717, 1.165) is 0 Å². The van der Waals surface area contributed by atoms with Crippen LogP contribution in [0.3, 0.4) is 0 Å². The predicted octanol–water partition coefficient (Wildman–Crippen LogP) is 4.14. The fraction of sp³-hybridized carbons (Fsp3) is 0.105. The van der Waals surface area contributed by atoms with Gasteiger partial charge in [-0.25, -0.2) is 9.97 Å². The second-order valence-electron chi connectivity index (χ2n) is 5.42. The second kappa shape index (κ2) is 8.37. The molecule has 3 aromatic rings. The van der Waals surface area contributed by atoms with E-state index in [2.05, 4.69) is 20.6 Å². The van der Waals surface area contributed by atoms with E-state index in [4.69, 9.17) is 21.1 Å². The Bertz CT molecular complexity index is 948. The van der Waals surface area contributed by atoms with E-state index in [1.165, 1.54) is 19.5 Å². The Kier molecular flexibility index (Phi) is 5.73. The Hall–Kier alpha value is -3.32.